The van der Waals surface area contributed by atoms with Gasteiger partial charge in [0.1, 0.15) is 0 Å². The molecule has 2 aromatic rings. The Bertz CT molecular complexity index is 624. The van der Waals surface area contributed by atoms with Gasteiger partial charge >= 0.3 is 0 Å². The summed E-state index contributed by atoms with van der Waals surface area (Å²) in [6.45, 7) is 1.83. The Morgan fingerprint density at radius 2 is 1.74 bits per heavy atom. The van der Waals surface area contributed by atoms with E-state index in [1.807, 2.05) is 24.3 Å². The molecule has 23 heavy (non-hydrogen) atoms. The Labute approximate surface area is 136 Å². The summed E-state index contributed by atoms with van der Waals surface area (Å²) < 4.78 is 0. The summed E-state index contributed by atoms with van der Waals surface area (Å²) in [7, 11) is 0. The first-order valence-electron chi connectivity index (χ1n) is 7.64. The number of aliphatic hydroxyl groups is 2. The Kier molecular flexibility index (Phi) is 5.84. The van der Waals surface area contributed by atoms with Crippen LogP contribution in [0.25, 0.3) is 11.1 Å². The Hall–Kier alpha value is -2.24. The molecule has 0 aliphatic heterocycles. The van der Waals surface area contributed by atoms with E-state index in [0.717, 1.165) is 11.1 Å². The molecule has 5 heteroatoms. The van der Waals surface area contributed by atoms with Gasteiger partial charge < -0.3 is 15.5 Å². The summed E-state index contributed by atoms with van der Waals surface area (Å²) in [4.78, 5) is 16.1. The van der Waals surface area contributed by atoms with Crippen LogP contribution in [0, 0.1) is 0 Å². The summed E-state index contributed by atoms with van der Waals surface area (Å²) in [5.41, 5.74) is 1.58. The molecule has 0 aliphatic rings. The van der Waals surface area contributed by atoms with Crippen LogP contribution in [0.4, 0.5) is 0 Å². The van der Waals surface area contributed by atoms with Gasteiger partial charge in [0, 0.05) is 31.1 Å². The number of nitrogens with one attached hydrogen (secondary N) is 1. The van der Waals surface area contributed by atoms with Gasteiger partial charge in [-0.05, 0) is 55.2 Å². The highest BCUT2D eigenvalue weighted by Gasteiger charge is 2.20. The van der Waals surface area contributed by atoms with Crippen molar-refractivity contribution in [3.8, 4) is 11.1 Å². The van der Waals surface area contributed by atoms with Crippen molar-refractivity contribution in [1.82, 2.24) is 10.3 Å². The SMILES string of the molecule is CC(O)(CCCO)CNC(=O)c1ccc(-c2ccncc2)cc1. The van der Waals surface area contributed by atoms with Crippen LogP contribution < -0.4 is 5.32 Å². The van der Waals surface area contributed by atoms with Crippen molar-refractivity contribution in [3.63, 3.8) is 0 Å². The molecule has 1 unspecified atom stereocenters. The smallest absolute Gasteiger partial charge is 0.251 e. The van der Waals surface area contributed by atoms with Crippen LogP contribution >= 0.6 is 0 Å². The van der Waals surface area contributed by atoms with Crippen LogP contribution in [0.3, 0.4) is 0 Å². The monoisotopic (exact) mass is 314 g/mol. The van der Waals surface area contributed by atoms with E-state index in [-0.39, 0.29) is 19.1 Å². The third-order valence-electron chi connectivity index (χ3n) is 3.66. The summed E-state index contributed by atoms with van der Waals surface area (Å²) in [6, 6.07) is 11.1. The molecule has 2 rings (SSSR count). The van der Waals surface area contributed by atoms with Gasteiger partial charge in [-0.1, -0.05) is 12.1 Å². The minimum Gasteiger partial charge on any atom is -0.396 e. The first-order chi connectivity index (χ1) is 11.0. The fourth-order valence-corrected chi connectivity index (χ4v) is 2.28. The Morgan fingerprint density at radius 1 is 1.13 bits per heavy atom. The van der Waals surface area contributed by atoms with Crippen molar-refractivity contribution in [1.29, 1.82) is 0 Å². The van der Waals surface area contributed by atoms with E-state index in [1.165, 1.54) is 0 Å². The lowest BCUT2D eigenvalue weighted by atomic mass is 10.00. The molecule has 1 atom stereocenters. The van der Waals surface area contributed by atoms with Gasteiger partial charge in [-0.3, -0.25) is 9.78 Å². The molecule has 1 aromatic carbocycles. The van der Waals surface area contributed by atoms with E-state index in [0.29, 0.717) is 18.4 Å². The van der Waals surface area contributed by atoms with Crippen LogP contribution in [0.5, 0.6) is 0 Å². The number of hydrogen-bond donors (Lipinski definition) is 3. The van der Waals surface area contributed by atoms with Crippen LogP contribution in [-0.2, 0) is 0 Å². The topological polar surface area (TPSA) is 82.5 Å². The Morgan fingerprint density at radius 3 is 2.35 bits per heavy atom. The standard InChI is InChI=1S/C18H22N2O3/c1-18(23,9-2-12-21)13-20-17(22)16-5-3-14(4-6-16)15-7-10-19-11-8-15/h3-8,10-11,21,23H,2,9,12-13H2,1H3,(H,20,22). The second-order valence-corrected chi connectivity index (χ2v) is 5.82. The Balaban J connectivity index is 1.95. The van der Waals surface area contributed by atoms with Gasteiger partial charge in [-0.15, -0.1) is 0 Å². The molecular weight excluding hydrogens is 292 g/mol. The van der Waals surface area contributed by atoms with E-state index in [1.54, 1.807) is 31.5 Å². The molecule has 0 spiro atoms. The first-order valence-corrected chi connectivity index (χ1v) is 7.64. The zero-order chi connectivity index (χ0) is 16.7. The van der Waals surface area contributed by atoms with Gasteiger partial charge in [0.25, 0.3) is 5.91 Å². The lowest BCUT2D eigenvalue weighted by Gasteiger charge is -2.23. The number of aliphatic hydroxyl groups excluding tert-OH is 1. The van der Waals surface area contributed by atoms with Gasteiger partial charge in [0.05, 0.1) is 5.60 Å². The first kappa shape index (κ1) is 17.1. The number of carbonyl (C=O) groups excluding carboxylic acids is 1. The second-order valence-electron chi connectivity index (χ2n) is 5.82. The lowest BCUT2D eigenvalue weighted by Crippen LogP contribution is -2.40. The zero-order valence-corrected chi connectivity index (χ0v) is 13.2. The van der Waals surface area contributed by atoms with Crippen LogP contribution in [0.15, 0.2) is 48.8 Å². The van der Waals surface area contributed by atoms with Crippen LogP contribution in [0.1, 0.15) is 30.1 Å². The fraction of sp³-hybridized carbons (Fsp3) is 0.333. The molecule has 5 nitrogen and oxygen atoms in total. The predicted octanol–water partition coefficient (Wildman–Crippen LogP) is 2.00. The third-order valence-corrected chi connectivity index (χ3v) is 3.66. The molecule has 0 aliphatic carbocycles. The van der Waals surface area contributed by atoms with Crippen LogP contribution in [-0.4, -0.2) is 39.9 Å². The normalized spacial score (nSPS) is 13.3. The molecule has 0 fully saturated rings. The van der Waals surface area contributed by atoms with Crippen molar-refractivity contribution in [2.24, 2.45) is 0 Å². The largest absolute Gasteiger partial charge is 0.396 e. The van der Waals surface area contributed by atoms with E-state index in [4.69, 9.17) is 5.11 Å². The van der Waals surface area contributed by atoms with Crippen molar-refractivity contribution in [2.75, 3.05) is 13.2 Å². The van der Waals surface area contributed by atoms with E-state index in [2.05, 4.69) is 10.3 Å². The van der Waals surface area contributed by atoms with Crippen molar-refractivity contribution < 1.29 is 15.0 Å². The average Bonchev–Trinajstić information content (AvgIpc) is 2.59. The highest BCUT2D eigenvalue weighted by molar-refractivity contribution is 5.94. The number of hydrogen-bond acceptors (Lipinski definition) is 4. The molecule has 1 heterocycles. The van der Waals surface area contributed by atoms with E-state index in [9.17, 15) is 9.90 Å². The molecule has 1 aromatic heterocycles. The maximum Gasteiger partial charge on any atom is 0.251 e. The number of benzene rings is 1. The molecule has 3 N–H and O–H groups in total. The van der Waals surface area contributed by atoms with Crippen LogP contribution in [0.2, 0.25) is 0 Å². The summed E-state index contributed by atoms with van der Waals surface area (Å²) in [5, 5.41) is 21.6. The highest BCUT2D eigenvalue weighted by atomic mass is 16.3. The number of carbonyl (C=O) groups is 1. The summed E-state index contributed by atoms with van der Waals surface area (Å²) >= 11 is 0. The number of aromatic nitrogens is 1. The lowest BCUT2D eigenvalue weighted by molar-refractivity contribution is 0.0415. The highest BCUT2D eigenvalue weighted by Crippen LogP contribution is 2.18. The number of amides is 1. The minimum absolute atomic E-state index is 0.0283. The number of rotatable bonds is 7. The summed E-state index contributed by atoms with van der Waals surface area (Å²) in [5.74, 6) is -0.226. The maximum atomic E-state index is 12.1. The molecule has 0 saturated carbocycles. The van der Waals surface area contributed by atoms with Crippen molar-refractivity contribution >= 4 is 5.91 Å². The minimum atomic E-state index is -1.02. The quantitative estimate of drug-likeness (QED) is 0.730. The van der Waals surface area contributed by atoms with E-state index < -0.39 is 5.60 Å². The number of pyridine rings is 1. The third kappa shape index (κ3) is 5.16. The maximum absolute atomic E-state index is 12.1. The fourth-order valence-electron chi connectivity index (χ4n) is 2.28. The van der Waals surface area contributed by atoms with Crippen molar-refractivity contribution in [2.45, 2.75) is 25.4 Å². The summed E-state index contributed by atoms with van der Waals surface area (Å²) in [6.07, 6.45) is 4.39. The number of nitrogens with zero attached hydrogens (tertiary/aromatic N) is 1. The van der Waals surface area contributed by atoms with E-state index >= 15 is 0 Å². The average molecular weight is 314 g/mol. The molecule has 1 amide bonds. The molecule has 122 valence electrons. The molecular formula is C18H22N2O3. The predicted molar refractivity (Wildman–Crippen MR) is 88.9 cm³/mol. The molecule has 0 radical (unpaired) electrons. The zero-order valence-electron chi connectivity index (χ0n) is 13.2. The van der Waals surface area contributed by atoms with Gasteiger partial charge in [0.2, 0.25) is 0 Å². The molecule has 0 bridgehead atoms. The van der Waals surface area contributed by atoms with Gasteiger partial charge in [0.15, 0.2) is 0 Å². The molecule has 0 saturated heterocycles. The van der Waals surface area contributed by atoms with Crippen molar-refractivity contribution in [3.05, 3.63) is 54.4 Å². The van der Waals surface area contributed by atoms with Gasteiger partial charge in [-0.2, -0.15) is 0 Å². The van der Waals surface area contributed by atoms with Gasteiger partial charge in [-0.25, -0.2) is 0 Å². The second kappa shape index (κ2) is 7.85.